The van der Waals surface area contributed by atoms with Gasteiger partial charge < -0.3 is 21.3 Å². The second-order valence-corrected chi connectivity index (χ2v) is 12.6. The predicted molar refractivity (Wildman–Crippen MR) is 175 cm³/mol. The van der Waals surface area contributed by atoms with Crippen molar-refractivity contribution in [1.29, 1.82) is 0 Å². The van der Waals surface area contributed by atoms with E-state index in [0.29, 0.717) is 0 Å². The molecule has 0 spiro atoms. The van der Waals surface area contributed by atoms with E-state index in [4.69, 9.17) is 9.11 Å². The van der Waals surface area contributed by atoms with Gasteiger partial charge in [-0.3, -0.25) is 18.7 Å². The Morgan fingerprint density at radius 3 is 1.19 bits per heavy atom. The summed E-state index contributed by atoms with van der Waals surface area (Å²) in [5.74, 6) is -0.855. The van der Waals surface area contributed by atoms with Gasteiger partial charge in [0.25, 0.3) is 20.2 Å². The first kappa shape index (κ1) is 35.0. The van der Waals surface area contributed by atoms with Crippen molar-refractivity contribution in [1.82, 2.24) is 0 Å². The molecule has 0 aliphatic heterocycles. The van der Waals surface area contributed by atoms with Crippen molar-refractivity contribution < 1.29 is 40.3 Å². The number of rotatable bonds is 10. The molecule has 4 rings (SSSR count). The first-order valence-electron chi connectivity index (χ1n) is 13.5. The Hall–Kier alpha value is -5.89. The smallest absolute Gasteiger partial charge is 0.323 e. The quantitative estimate of drug-likeness (QED) is 0.0773. The van der Waals surface area contributed by atoms with E-state index in [1.807, 2.05) is 0 Å². The van der Waals surface area contributed by atoms with Gasteiger partial charge in [-0.15, -0.1) is 10.2 Å². The minimum absolute atomic E-state index is 0.203. The maximum absolute atomic E-state index is 12.8. The molecule has 19 heteroatoms. The Kier molecular flexibility index (Phi) is 10.7. The maximum atomic E-state index is 12.8. The van der Waals surface area contributed by atoms with Gasteiger partial charge >= 0.3 is 6.03 Å². The standard InChI is InChI=1S/C29H26N8O9S2/c1-17(38)30-27-15-21(7-13-25(27)36-34-19-3-9-23(10-4-19)47(41,42)43)32-29(40)33-22-8-14-26(28(16-22)31-18(2)39)37-35-20-5-11-24(12-6-20)48(44,45)46/h3-16H,1-2H3,(H,30,38)(H,31,39)(H2,32,33,40)(H,41,42,43)(H,44,45,46). The lowest BCUT2D eigenvalue weighted by molar-refractivity contribution is -0.115. The molecule has 248 valence electrons. The molecular weight excluding hydrogens is 669 g/mol. The van der Waals surface area contributed by atoms with Gasteiger partial charge in [0.05, 0.1) is 32.5 Å². The molecule has 0 aliphatic rings. The van der Waals surface area contributed by atoms with Gasteiger partial charge in [0.1, 0.15) is 11.4 Å². The van der Waals surface area contributed by atoms with Crippen LogP contribution in [0, 0.1) is 0 Å². The van der Waals surface area contributed by atoms with Gasteiger partial charge in [0.15, 0.2) is 0 Å². The van der Waals surface area contributed by atoms with Crippen LogP contribution in [-0.2, 0) is 29.8 Å². The molecule has 4 aromatic rings. The molecule has 4 amide bonds. The molecule has 17 nitrogen and oxygen atoms in total. The van der Waals surface area contributed by atoms with Gasteiger partial charge in [-0.2, -0.15) is 27.1 Å². The number of benzene rings is 4. The molecule has 0 saturated heterocycles. The number of nitrogens with one attached hydrogen (secondary N) is 4. The highest BCUT2D eigenvalue weighted by Crippen LogP contribution is 2.32. The zero-order chi connectivity index (χ0) is 35.1. The van der Waals surface area contributed by atoms with Crippen molar-refractivity contribution in [2.24, 2.45) is 20.5 Å². The topological polar surface area (TPSA) is 258 Å². The maximum Gasteiger partial charge on any atom is 0.323 e. The highest BCUT2D eigenvalue weighted by atomic mass is 32.2. The van der Waals surface area contributed by atoms with Gasteiger partial charge in [-0.25, -0.2) is 4.79 Å². The fourth-order valence-corrected chi connectivity index (χ4v) is 4.83. The highest BCUT2D eigenvalue weighted by molar-refractivity contribution is 7.86. The Balaban J connectivity index is 1.49. The zero-order valence-electron chi connectivity index (χ0n) is 24.9. The molecule has 0 saturated carbocycles. The monoisotopic (exact) mass is 694 g/mol. The third-order valence-corrected chi connectivity index (χ3v) is 7.68. The average molecular weight is 695 g/mol. The molecule has 0 unspecified atom stereocenters. The summed E-state index contributed by atoms with van der Waals surface area (Å²) in [5, 5.41) is 26.6. The minimum Gasteiger partial charge on any atom is -0.324 e. The summed E-state index contributed by atoms with van der Waals surface area (Å²) >= 11 is 0. The largest absolute Gasteiger partial charge is 0.324 e. The molecule has 6 N–H and O–H groups in total. The van der Waals surface area contributed by atoms with E-state index >= 15 is 0 Å². The number of carbonyl (C=O) groups is 3. The minimum atomic E-state index is -4.37. The number of carbonyl (C=O) groups excluding carboxylic acids is 3. The lowest BCUT2D eigenvalue weighted by atomic mass is 10.2. The lowest BCUT2D eigenvalue weighted by Gasteiger charge is -2.12. The number of nitrogens with zero attached hydrogens (tertiary/aromatic N) is 4. The van der Waals surface area contributed by atoms with Crippen molar-refractivity contribution in [3.05, 3.63) is 84.9 Å². The summed E-state index contributed by atoms with van der Waals surface area (Å²) in [6, 6.07) is 18.0. The molecule has 0 heterocycles. The first-order valence-corrected chi connectivity index (χ1v) is 16.3. The van der Waals surface area contributed by atoms with Crippen LogP contribution in [0.5, 0.6) is 0 Å². The van der Waals surface area contributed by atoms with E-state index in [-0.39, 0.29) is 55.3 Å². The summed E-state index contributed by atoms with van der Waals surface area (Å²) < 4.78 is 63.2. The van der Waals surface area contributed by atoms with Crippen LogP contribution in [-0.4, -0.2) is 43.8 Å². The molecular formula is C29H26N8O9S2. The fourth-order valence-electron chi connectivity index (χ4n) is 3.87. The third-order valence-electron chi connectivity index (χ3n) is 5.95. The molecule has 0 aliphatic carbocycles. The number of azo groups is 2. The van der Waals surface area contributed by atoms with E-state index in [9.17, 15) is 31.2 Å². The number of urea groups is 1. The Morgan fingerprint density at radius 2 is 0.875 bits per heavy atom. The number of hydrogen-bond donors (Lipinski definition) is 6. The van der Waals surface area contributed by atoms with Crippen LogP contribution in [0.2, 0.25) is 0 Å². The summed E-state index contributed by atoms with van der Waals surface area (Å²) in [7, 11) is -8.74. The van der Waals surface area contributed by atoms with Gasteiger partial charge in [-0.1, -0.05) is 0 Å². The lowest BCUT2D eigenvalue weighted by Crippen LogP contribution is -2.19. The number of amides is 4. The van der Waals surface area contributed by atoms with E-state index in [1.165, 1.54) is 74.5 Å². The second-order valence-electron chi connectivity index (χ2n) is 9.74. The van der Waals surface area contributed by atoms with Crippen molar-refractivity contribution in [2.45, 2.75) is 23.6 Å². The predicted octanol–water partition coefficient (Wildman–Crippen LogP) is 6.57. The highest BCUT2D eigenvalue weighted by Gasteiger charge is 2.13. The normalized spacial score (nSPS) is 11.8. The van der Waals surface area contributed by atoms with Crippen molar-refractivity contribution >= 4 is 83.6 Å². The summed E-state index contributed by atoms with van der Waals surface area (Å²) in [6.07, 6.45) is 0. The van der Waals surface area contributed by atoms with E-state index in [2.05, 4.69) is 41.7 Å². The van der Waals surface area contributed by atoms with Crippen LogP contribution in [0.1, 0.15) is 13.8 Å². The van der Waals surface area contributed by atoms with E-state index in [0.717, 1.165) is 24.3 Å². The average Bonchev–Trinajstić information content (AvgIpc) is 2.99. The molecule has 0 bridgehead atoms. The number of hydrogen-bond acceptors (Lipinski definition) is 11. The van der Waals surface area contributed by atoms with E-state index in [1.54, 1.807) is 0 Å². The Labute approximate surface area is 273 Å². The molecule has 4 aromatic carbocycles. The van der Waals surface area contributed by atoms with Gasteiger partial charge in [0, 0.05) is 25.2 Å². The number of anilines is 4. The van der Waals surface area contributed by atoms with Crippen molar-refractivity contribution in [3.63, 3.8) is 0 Å². The summed E-state index contributed by atoms with van der Waals surface area (Å²) in [6.45, 7) is 2.55. The Bertz CT molecular complexity index is 2000. The van der Waals surface area contributed by atoms with Gasteiger partial charge in [-0.05, 0) is 84.9 Å². The SMILES string of the molecule is CC(=O)Nc1cc(NC(=O)Nc2ccc(N=Nc3ccc(S(=O)(=O)O)cc3)c(NC(C)=O)c2)ccc1N=Nc1ccc(S(=O)(=O)O)cc1. The van der Waals surface area contributed by atoms with Crippen LogP contribution < -0.4 is 21.3 Å². The second kappa shape index (κ2) is 14.7. The van der Waals surface area contributed by atoms with Gasteiger partial charge in [0.2, 0.25) is 11.8 Å². The van der Waals surface area contributed by atoms with Crippen LogP contribution in [0.25, 0.3) is 0 Å². The Morgan fingerprint density at radius 1 is 0.521 bits per heavy atom. The van der Waals surface area contributed by atoms with Crippen LogP contribution >= 0.6 is 0 Å². The van der Waals surface area contributed by atoms with Crippen LogP contribution in [0.4, 0.5) is 50.3 Å². The fraction of sp³-hybridized carbons (Fsp3) is 0.0690. The summed E-state index contributed by atoms with van der Waals surface area (Å²) in [5.41, 5.74) is 1.89. The molecule has 0 atom stereocenters. The van der Waals surface area contributed by atoms with Crippen LogP contribution in [0.3, 0.4) is 0 Å². The third kappa shape index (κ3) is 10.1. The molecule has 0 fully saturated rings. The zero-order valence-corrected chi connectivity index (χ0v) is 26.6. The molecule has 0 radical (unpaired) electrons. The molecule has 0 aromatic heterocycles. The molecule has 48 heavy (non-hydrogen) atoms. The van der Waals surface area contributed by atoms with E-state index < -0.39 is 38.1 Å². The van der Waals surface area contributed by atoms with Crippen LogP contribution in [0.15, 0.2) is 115 Å². The van der Waals surface area contributed by atoms with Crippen molar-refractivity contribution in [3.8, 4) is 0 Å². The van der Waals surface area contributed by atoms with Crippen molar-refractivity contribution in [2.75, 3.05) is 21.3 Å². The first-order chi connectivity index (χ1) is 22.6. The summed E-state index contributed by atoms with van der Waals surface area (Å²) in [4.78, 5) is 35.8.